The van der Waals surface area contributed by atoms with Crippen LogP contribution in [0.3, 0.4) is 0 Å². The van der Waals surface area contributed by atoms with Crippen molar-refractivity contribution >= 4 is 11.6 Å². The maximum Gasteiger partial charge on any atom is 0.237 e. The molecule has 2 aromatic carbocycles. The number of anilines is 1. The molecule has 0 radical (unpaired) electrons. The van der Waals surface area contributed by atoms with Crippen LogP contribution in [0, 0.1) is 11.6 Å². The average molecular weight is 360 g/mol. The molecule has 2 atom stereocenters. The Bertz CT molecular complexity index is 838. The van der Waals surface area contributed by atoms with Gasteiger partial charge in [0.1, 0.15) is 11.6 Å². The number of nitrogens with zero attached hydrogens (tertiary/aromatic N) is 1. The van der Waals surface area contributed by atoms with Gasteiger partial charge in [-0.05, 0) is 56.3 Å². The molecular formula is C20H22F2N2O2. The summed E-state index contributed by atoms with van der Waals surface area (Å²) >= 11 is 0. The van der Waals surface area contributed by atoms with Gasteiger partial charge in [-0.3, -0.25) is 4.79 Å². The molecule has 0 unspecified atom stereocenters. The highest BCUT2D eigenvalue weighted by Gasteiger charge is 2.48. The molecule has 6 heteroatoms. The van der Waals surface area contributed by atoms with E-state index in [1.807, 2.05) is 0 Å². The maximum atomic E-state index is 13.9. The first-order valence-electron chi connectivity index (χ1n) is 8.49. The van der Waals surface area contributed by atoms with Crippen molar-refractivity contribution in [3.63, 3.8) is 0 Å². The molecule has 0 saturated heterocycles. The minimum Gasteiger partial charge on any atom is -0.389 e. The van der Waals surface area contributed by atoms with E-state index in [0.29, 0.717) is 16.8 Å². The van der Waals surface area contributed by atoms with Gasteiger partial charge in [0, 0.05) is 6.54 Å². The highest BCUT2D eigenvalue weighted by atomic mass is 19.1. The standard InChI is InChI=1S/C20H22F2N2O2/c1-20(2)15-8-7-14(22)10-16(15)24(19(20)26)18(17(25)11-23-3)12-5-4-6-13(21)9-12/h4-10,17-18,23,25H,11H2,1-3H3/t17-,18-/m0/s1. The first kappa shape index (κ1) is 18.5. The molecule has 0 spiro atoms. The van der Waals surface area contributed by atoms with Crippen molar-refractivity contribution in [2.45, 2.75) is 31.4 Å². The lowest BCUT2D eigenvalue weighted by molar-refractivity contribution is -0.123. The second-order valence-corrected chi connectivity index (χ2v) is 7.09. The van der Waals surface area contributed by atoms with Crippen LogP contribution >= 0.6 is 0 Å². The Balaban J connectivity index is 2.18. The molecule has 1 amide bonds. The Morgan fingerprint density at radius 2 is 1.85 bits per heavy atom. The summed E-state index contributed by atoms with van der Waals surface area (Å²) in [5, 5.41) is 13.6. The molecule has 138 valence electrons. The van der Waals surface area contributed by atoms with Crippen LogP contribution in [0.5, 0.6) is 0 Å². The van der Waals surface area contributed by atoms with Crippen molar-refractivity contribution in [1.29, 1.82) is 0 Å². The molecule has 2 aromatic rings. The fourth-order valence-electron chi connectivity index (χ4n) is 3.59. The molecule has 1 heterocycles. The van der Waals surface area contributed by atoms with Crippen LogP contribution in [-0.4, -0.2) is 30.7 Å². The number of rotatable bonds is 5. The number of fused-ring (bicyclic) bond motifs is 1. The topological polar surface area (TPSA) is 52.6 Å². The lowest BCUT2D eigenvalue weighted by Gasteiger charge is -2.33. The zero-order valence-electron chi connectivity index (χ0n) is 15.0. The third-order valence-corrected chi connectivity index (χ3v) is 4.89. The van der Waals surface area contributed by atoms with E-state index in [9.17, 15) is 18.7 Å². The smallest absolute Gasteiger partial charge is 0.237 e. The predicted molar refractivity (Wildman–Crippen MR) is 96.0 cm³/mol. The highest BCUT2D eigenvalue weighted by molar-refractivity contribution is 6.08. The number of carbonyl (C=O) groups excluding carboxylic acids is 1. The molecular weight excluding hydrogens is 338 g/mol. The van der Waals surface area contributed by atoms with E-state index >= 15 is 0 Å². The van der Waals surface area contributed by atoms with Gasteiger partial charge in [-0.1, -0.05) is 18.2 Å². The molecule has 1 aliphatic heterocycles. The monoisotopic (exact) mass is 360 g/mol. The van der Waals surface area contributed by atoms with Gasteiger partial charge >= 0.3 is 0 Å². The first-order valence-corrected chi connectivity index (χ1v) is 8.49. The van der Waals surface area contributed by atoms with E-state index in [0.717, 1.165) is 0 Å². The Hall–Kier alpha value is -2.31. The minimum atomic E-state index is -1.00. The van der Waals surface area contributed by atoms with Gasteiger partial charge in [0.05, 0.1) is 23.2 Å². The number of hydrogen-bond donors (Lipinski definition) is 2. The Labute approximate surface area is 151 Å². The van der Waals surface area contributed by atoms with Gasteiger partial charge in [0.15, 0.2) is 0 Å². The number of halogens is 2. The third kappa shape index (κ3) is 2.99. The van der Waals surface area contributed by atoms with E-state index in [4.69, 9.17) is 0 Å². The molecule has 1 aliphatic rings. The van der Waals surface area contributed by atoms with Crippen LogP contribution in [0.1, 0.15) is 31.0 Å². The van der Waals surface area contributed by atoms with Gasteiger partial charge in [0.2, 0.25) is 5.91 Å². The van der Waals surface area contributed by atoms with Gasteiger partial charge in [-0.2, -0.15) is 0 Å². The van der Waals surface area contributed by atoms with Crippen LogP contribution in [0.2, 0.25) is 0 Å². The average Bonchev–Trinajstić information content (AvgIpc) is 2.76. The fraction of sp³-hybridized carbons (Fsp3) is 0.350. The van der Waals surface area contributed by atoms with E-state index < -0.39 is 29.2 Å². The first-order chi connectivity index (χ1) is 12.3. The number of benzene rings is 2. The maximum absolute atomic E-state index is 13.9. The highest BCUT2D eigenvalue weighted by Crippen LogP contribution is 2.46. The summed E-state index contributed by atoms with van der Waals surface area (Å²) in [6.45, 7) is 3.72. The van der Waals surface area contributed by atoms with E-state index in [2.05, 4.69) is 5.32 Å². The van der Waals surface area contributed by atoms with Crippen molar-refractivity contribution in [2.24, 2.45) is 0 Å². The van der Waals surface area contributed by atoms with Crippen LogP contribution in [0.25, 0.3) is 0 Å². The lowest BCUT2D eigenvalue weighted by atomic mass is 9.86. The second-order valence-electron chi connectivity index (χ2n) is 7.09. The van der Waals surface area contributed by atoms with Gasteiger partial charge in [0.25, 0.3) is 0 Å². The Morgan fingerprint density at radius 1 is 1.15 bits per heavy atom. The number of amides is 1. The molecule has 0 aromatic heterocycles. The summed E-state index contributed by atoms with van der Waals surface area (Å²) in [6.07, 6.45) is -1.00. The van der Waals surface area contributed by atoms with Crippen LogP contribution < -0.4 is 10.2 Å². The second kappa shape index (κ2) is 6.78. The molecule has 0 fully saturated rings. The van der Waals surface area contributed by atoms with Crippen molar-refractivity contribution in [3.8, 4) is 0 Å². The van der Waals surface area contributed by atoms with Crippen molar-refractivity contribution in [3.05, 3.63) is 65.2 Å². The van der Waals surface area contributed by atoms with Crippen LogP contribution in [0.4, 0.5) is 14.5 Å². The zero-order chi connectivity index (χ0) is 19.1. The van der Waals surface area contributed by atoms with Crippen molar-refractivity contribution < 1.29 is 18.7 Å². The largest absolute Gasteiger partial charge is 0.389 e. The quantitative estimate of drug-likeness (QED) is 0.862. The van der Waals surface area contributed by atoms with E-state index in [1.54, 1.807) is 33.0 Å². The number of carbonyl (C=O) groups is 1. The summed E-state index contributed by atoms with van der Waals surface area (Å²) in [4.78, 5) is 14.6. The molecule has 26 heavy (non-hydrogen) atoms. The van der Waals surface area contributed by atoms with Gasteiger partial charge in [-0.25, -0.2) is 8.78 Å². The summed E-state index contributed by atoms with van der Waals surface area (Å²) in [7, 11) is 1.68. The van der Waals surface area contributed by atoms with Crippen molar-refractivity contribution in [1.82, 2.24) is 5.32 Å². The molecule has 3 rings (SSSR count). The minimum absolute atomic E-state index is 0.191. The summed E-state index contributed by atoms with van der Waals surface area (Å²) in [5.74, 6) is -1.20. The normalized spacial score (nSPS) is 17.9. The van der Waals surface area contributed by atoms with E-state index in [-0.39, 0.29) is 12.5 Å². The van der Waals surface area contributed by atoms with Crippen LogP contribution in [0.15, 0.2) is 42.5 Å². The number of aliphatic hydroxyl groups is 1. The summed E-state index contributed by atoms with van der Waals surface area (Å²) in [6, 6.07) is 9.14. The number of hydrogen-bond acceptors (Lipinski definition) is 3. The summed E-state index contributed by atoms with van der Waals surface area (Å²) in [5.41, 5.74) is 0.675. The number of likely N-dealkylation sites (N-methyl/N-ethyl adjacent to an activating group) is 1. The molecule has 4 nitrogen and oxygen atoms in total. The Morgan fingerprint density at radius 3 is 2.50 bits per heavy atom. The fourth-order valence-corrected chi connectivity index (χ4v) is 3.59. The summed E-state index contributed by atoms with van der Waals surface area (Å²) < 4.78 is 27.7. The molecule has 0 bridgehead atoms. The molecule has 0 aliphatic carbocycles. The lowest BCUT2D eigenvalue weighted by Crippen LogP contribution is -2.45. The molecule has 0 saturated carbocycles. The van der Waals surface area contributed by atoms with Crippen molar-refractivity contribution in [2.75, 3.05) is 18.5 Å². The van der Waals surface area contributed by atoms with E-state index in [1.165, 1.54) is 35.2 Å². The number of nitrogens with one attached hydrogen (secondary N) is 1. The third-order valence-electron chi connectivity index (χ3n) is 4.89. The predicted octanol–water partition coefficient (Wildman–Crippen LogP) is 2.91. The van der Waals surface area contributed by atoms with Gasteiger partial charge < -0.3 is 15.3 Å². The molecule has 2 N–H and O–H groups in total. The SMILES string of the molecule is CNC[C@H](O)[C@H](c1cccc(F)c1)N1C(=O)C(C)(C)c2ccc(F)cc21. The zero-order valence-corrected chi connectivity index (χ0v) is 15.0. The Kier molecular flexibility index (Phi) is 4.82. The van der Waals surface area contributed by atoms with Gasteiger partial charge in [-0.15, -0.1) is 0 Å². The van der Waals surface area contributed by atoms with Crippen LogP contribution in [-0.2, 0) is 10.2 Å². The number of aliphatic hydroxyl groups excluding tert-OH is 1.